The zero-order chi connectivity index (χ0) is 25.7. The van der Waals surface area contributed by atoms with Crippen LogP contribution in [0.25, 0.3) is 0 Å². The monoisotopic (exact) mass is 474 g/mol. The van der Waals surface area contributed by atoms with Crippen LogP contribution in [0.1, 0.15) is 94.4 Å². The van der Waals surface area contributed by atoms with E-state index in [1.54, 1.807) is 0 Å². The maximum absolute atomic E-state index is 11.0. The van der Waals surface area contributed by atoms with E-state index in [9.17, 15) is 15.3 Å². The number of ether oxygens (including phenoxy) is 1. The first-order valence-electron chi connectivity index (χ1n) is 13.4. The fourth-order valence-electron chi connectivity index (χ4n) is 5.00. The third kappa shape index (κ3) is 14.7. The second-order valence-corrected chi connectivity index (χ2v) is 11.3. The Morgan fingerprint density at radius 3 is 1.97 bits per heavy atom. The molecular weight excluding hydrogens is 416 g/mol. The molecule has 0 bridgehead atoms. The third-order valence-electron chi connectivity index (χ3n) is 6.90. The van der Waals surface area contributed by atoms with Gasteiger partial charge in [-0.05, 0) is 90.9 Å². The Balaban J connectivity index is 4.50. The summed E-state index contributed by atoms with van der Waals surface area (Å²) in [4.78, 5) is 2.44. The molecule has 6 nitrogen and oxygen atoms in total. The summed E-state index contributed by atoms with van der Waals surface area (Å²) in [6, 6.07) is 0.133. The smallest absolute Gasteiger partial charge is 0.0894 e. The van der Waals surface area contributed by atoms with Gasteiger partial charge in [-0.2, -0.15) is 0 Å². The quantitative estimate of drug-likeness (QED) is 0.213. The van der Waals surface area contributed by atoms with Gasteiger partial charge in [0.1, 0.15) is 0 Å². The van der Waals surface area contributed by atoms with E-state index in [0.717, 1.165) is 51.9 Å². The van der Waals surface area contributed by atoms with Gasteiger partial charge in [-0.3, -0.25) is 0 Å². The summed E-state index contributed by atoms with van der Waals surface area (Å²) >= 11 is 0. The van der Waals surface area contributed by atoms with Crippen molar-refractivity contribution in [3.63, 3.8) is 0 Å². The number of hydrogen-bond donors (Lipinski definition) is 4. The molecule has 0 aromatic carbocycles. The molecule has 0 radical (unpaired) electrons. The molecule has 0 saturated carbocycles. The average molecular weight is 475 g/mol. The van der Waals surface area contributed by atoms with Gasteiger partial charge in [0, 0.05) is 18.6 Å². The Kier molecular flexibility index (Phi) is 16.3. The molecule has 0 aromatic heterocycles. The van der Waals surface area contributed by atoms with Gasteiger partial charge in [-0.15, -0.1) is 0 Å². The van der Waals surface area contributed by atoms with Gasteiger partial charge in [0.05, 0.1) is 23.9 Å². The number of aliphatic hydroxyl groups excluding tert-OH is 1. The molecule has 0 amide bonds. The molecule has 4 N–H and O–H groups in total. The first-order valence-corrected chi connectivity index (χ1v) is 13.4. The summed E-state index contributed by atoms with van der Waals surface area (Å²) < 4.78 is 5.91. The van der Waals surface area contributed by atoms with Crippen LogP contribution in [0.15, 0.2) is 0 Å². The lowest BCUT2D eigenvalue weighted by Gasteiger charge is -2.36. The van der Waals surface area contributed by atoms with Gasteiger partial charge in [0.25, 0.3) is 0 Å². The first kappa shape index (κ1) is 32.8. The molecule has 0 aliphatic carbocycles. The summed E-state index contributed by atoms with van der Waals surface area (Å²) in [5.74, 6) is 0.902. The fourth-order valence-corrected chi connectivity index (χ4v) is 5.00. The van der Waals surface area contributed by atoms with Gasteiger partial charge in [0.15, 0.2) is 0 Å². The molecule has 0 heterocycles. The predicted molar refractivity (Wildman–Crippen MR) is 140 cm³/mol. The van der Waals surface area contributed by atoms with Crippen molar-refractivity contribution in [3.8, 4) is 0 Å². The van der Waals surface area contributed by atoms with Crippen LogP contribution >= 0.6 is 0 Å². The molecule has 0 spiro atoms. The fraction of sp³-hybridized carbons (Fsp3) is 1.00. The highest BCUT2D eigenvalue weighted by atomic mass is 16.5. The summed E-state index contributed by atoms with van der Waals surface area (Å²) in [7, 11) is 0. The SMILES string of the molecule is CCC(OCC(C)CO)C(C)(O)CC(C)NCC(C)CC(C)(O)CC(C)CCN(CC)CC. The molecule has 0 saturated heterocycles. The molecule has 0 aromatic rings. The Labute approximate surface area is 205 Å². The molecule has 0 aliphatic rings. The molecule has 33 heavy (non-hydrogen) atoms. The molecule has 200 valence electrons. The number of aliphatic hydroxyl groups is 3. The van der Waals surface area contributed by atoms with Gasteiger partial charge >= 0.3 is 0 Å². The van der Waals surface area contributed by atoms with Gasteiger partial charge in [-0.1, -0.05) is 41.5 Å². The third-order valence-corrected chi connectivity index (χ3v) is 6.90. The van der Waals surface area contributed by atoms with Crippen molar-refractivity contribution in [1.82, 2.24) is 10.2 Å². The second-order valence-electron chi connectivity index (χ2n) is 11.3. The van der Waals surface area contributed by atoms with Crippen molar-refractivity contribution in [2.24, 2.45) is 17.8 Å². The van der Waals surface area contributed by atoms with E-state index in [1.807, 2.05) is 27.7 Å². The molecule has 0 aliphatic heterocycles. The lowest BCUT2D eigenvalue weighted by Crippen LogP contribution is -2.47. The lowest BCUT2D eigenvalue weighted by molar-refractivity contribution is -0.116. The van der Waals surface area contributed by atoms with Crippen molar-refractivity contribution in [3.05, 3.63) is 0 Å². The average Bonchev–Trinajstić information content (AvgIpc) is 2.71. The summed E-state index contributed by atoms with van der Waals surface area (Å²) in [6.07, 6.45) is 3.76. The van der Waals surface area contributed by atoms with Crippen LogP contribution in [-0.2, 0) is 4.74 Å². The van der Waals surface area contributed by atoms with Gasteiger partial charge in [-0.25, -0.2) is 0 Å². The van der Waals surface area contributed by atoms with Crippen LogP contribution < -0.4 is 5.32 Å². The van der Waals surface area contributed by atoms with Crippen LogP contribution in [-0.4, -0.2) is 83.0 Å². The Bertz CT molecular complexity index is 483. The Hall–Kier alpha value is -0.240. The zero-order valence-corrected chi connectivity index (χ0v) is 23.4. The molecule has 7 atom stereocenters. The molecule has 6 heteroatoms. The van der Waals surface area contributed by atoms with Gasteiger partial charge in [0.2, 0.25) is 0 Å². The summed E-state index contributed by atoms with van der Waals surface area (Å²) in [5.41, 5.74) is -1.60. The summed E-state index contributed by atoms with van der Waals surface area (Å²) in [6.45, 7) is 23.3. The number of nitrogens with one attached hydrogen (secondary N) is 1. The minimum absolute atomic E-state index is 0.0685. The second kappa shape index (κ2) is 16.4. The number of hydrogen-bond acceptors (Lipinski definition) is 6. The van der Waals surface area contributed by atoms with Crippen LogP contribution in [0.3, 0.4) is 0 Å². The van der Waals surface area contributed by atoms with Crippen molar-refractivity contribution < 1.29 is 20.1 Å². The topological polar surface area (TPSA) is 85.2 Å². The first-order chi connectivity index (χ1) is 15.3. The van der Waals surface area contributed by atoms with E-state index in [-0.39, 0.29) is 24.7 Å². The maximum atomic E-state index is 11.0. The largest absolute Gasteiger partial charge is 0.396 e. The Morgan fingerprint density at radius 2 is 1.45 bits per heavy atom. The van der Waals surface area contributed by atoms with E-state index < -0.39 is 11.2 Å². The minimum Gasteiger partial charge on any atom is -0.396 e. The van der Waals surface area contributed by atoms with Crippen LogP contribution in [0.4, 0.5) is 0 Å². The maximum Gasteiger partial charge on any atom is 0.0894 e. The predicted octanol–water partition coefficient (Wildman–Crippen LogP) is 4.06. The van der Waals surface area contributed by atoms with E-state index in [0.29, 0.717) is 24.9 Å². The van der Waals surface area contributed by atoms with E-state index in [4.69, 9.17) is 4.74 Å². The minimum atomic E-state index is -0.939. The van der Waals surface area contributed by atoms with Crippen LogP contribution in [0.5, 0.6) is 0 Å². The molecule has 0 rings (SSSR count). The lowest BCUT2D eigenvalue weighted by atomic mass is 9.84. The van der Waals surface area contributed by atoms with Crippen molar-refractivity contribution >= 4 is 0 Å². The van der Waals surface area contributed by atoms with E-state index >= 15 is 0 Å². The highest BCUT2D eigenvalue weighted by Gasteiger charge is 2.33. The van der Waals surface area contributed by atoms with Gasteiger partial charge < -0.3 is 30.3 Å². The highest BCUT2D eigenvalue weighted by Crippen LogP contribution is 2.27. The van der Waals surface area contributed by atoms with Crippen LogP contribution in [0, 0.1) is 17.8 Å². The van der Waals surface area contributed by atoms with Crippen LogP contribution in [0.2, 0.25) is 0 Å². The molecule has 0 fully saturated rings. The molecular formula is C27H58N2O4. The number of nitrogens with zero attached hydrogens (tertiary/aromatic N) is 1. The van der Waals surface area contributed by atoms with E-state index in [2.05, 4.69) is 44.8 Å². The summed E-state index contributed by atoms with van der Waals surface area (Å²) in [5, 5.41) is 34.8. The number of rotatable bonds is 20. The Morgan fingerprint density at radius 1 is 0.879 bits per heavy atom. The van der Waals surface area contributed by atoms with E-state index in [1.165, 1.54) is 0 Å². The highest BCUT2D eigenvalue weighted by molar-refractivity contribution is 4.87. The molecule has 7 unspecified atom stereocenters. The zero-order valence-electron chi connectivity index (χ0n) is 23.4. The van der Waals surface area contributed by atoms with Crippen molar-refractivity contribution in [1.29, 1.82) is 0 Å². The van der Waals surface area contributed by atoms with Crippen molar-refractivity contribution in [2.75, 3.05) is 39.4 Å². The normalized spacial score (nSPS) is 20.6. The van der Waals surface area contributed by atoms with Crippen molar-refractivity contribution in [2.45, 2.75) is 118 Å². The standard InChI is InChI=1S/C27H58N2O4/c1-10-25(33-20-23(6)19-30)27(9,32)17-24(7)28-18-22(5)16-26(8,31)15-21(4)13-14-29(11-2)12-3/h21-25,28,30-32H,10-20H2,1-9H3.